The van der Waals surface area contributed by atoms with E-state index in [1.807, 2.05) is 6.92 Å². The lowest BCUT2D eigenvalue weighted by Crippen LogP contribution is -2.52. The van der Waals surface area contributed by atoms with Crippen LogP contribution in [0.5, 0.6) is 5.75 Å². The van der Waals surface area contributed by atoms with E-state index in [2.05, 4.69) is 5.32 Å². The molecule has 35 heavy (non-hydrogen) atoms. The van der Waals surface area contributed by atoms with Crippen molar-refractivity contribution in [3.05, 3.63) is 59.9 Å². The first-order valence-electron chi connectivity index (χ1n) is 11.5. The molecule has 10 heteroatoms. The molecule has 1 unspecified atom stereocenters. The van der Waals surface area contributed by atoms with Gasteiger partial charge in [-0.3, -0.25) is 13.9 Å². The highest BCUT2D eigenvalue weighted by Gasteiger charge is 2.31. The van der Waals surface area contributed by atoms with Gasteiger partial charge in [0.05, 0.1) is 19.1 Å². The molecule has 0 saturated carbocycles. The summed E-state index contributed by atoms with van der Waals surface area (Å²) in [5, 5.41) is 2.87. The number of rotatable bonds is 13. The first-order chi connectivity index (χ1) is 16.6. The summed E-state index contributed by atoms with van der Waals surface area (Å²) < 4.78 is 44.7. The topological polar surface area (TPSA) is 96.0 Å². The third-order valence-corrected chi connectivity index (χ3v) is 6.64. The fourth-order valence-corrected chi connectivity index (χ4v) is 4.46. The van der Waals surface area contributed by atoms with Gasteiger partial charge in [0, 0.05) is 13.1 Å². The van der Waals surface area contributed by atoms with Gasteiger partial charge < -0.3 is 15.0 Å². The molecule has 0 heterocycles. The van der Waals surface area contributed by atoms with Gasteiger partial charge in [-0.15, -0.1) is 0 Å². The lowest BCUT2D eigenvalue weighted by Gasteiger charge is -2.33. The van der Waals surface area contributed by atoms with E-state index in [0.717, 1.165) is 41.1 Å². The highest BCUT2D eigenvalue weighted by atomic mass is 32.2. The molecular weight excluding hydrogens is 473 g/mol. The molecule has 0 spiro atoms. The number of halogens is 1. The molecule has 8 nitrogen and oxygen atoms in total. The number of hydrogen-bond donors (Lipinski definition) is 1. The van der Waals surface area contributed by atoms with E-state index in [1.165, 1.54) is 24.1 Å². The molecule has 2 aromatic carbocycles. The Labute approximate surface area is 207 Å². The summed E-state index contributed by atoms with van der Waals surface area (Å²) >= 11 is 0. The van der Waals surface area contributed by atoms with Crippen LogP contribution in [-0.2, 0) is 26.2 Å². The molecule has 192 valence electrons. The van der Waals surface area contributed by atoms with Crippen LogP contribution < -0.4 is 14.4 Å². The Balaban J connectivity index is 2.40. The van der Waals surface area contributed by atoms with E-state index < -0.39 is 34.3 Å². The zero-order valence-electron chi connectivity index (χ0n) is 20.7. The molecule has 1 atom stereocenters. The molecule has 0 aromatic heterocycles. The van der Waals surface area contributed by atoms with E-state index in [4.69, 9.17) is 4.74 Å². The second-order valence-corrected chi connectivity index (χ2v) is 10.1. The van der Waals surface area contributed by atoms with Crippen molar-refractivity contribution < 1.29 is 27.1 Å². The zero-order valence-corrected chi connectivity index (χ0v) is 21.5. The zero-order chi connectivity index (χ0) is 26.0. The number of nitrogens with one attached hydrogen (secondary N) is 1. The molecule has 0 radical (unpaired) electrons. The average Bonchev–Trinajstić information content (AvgIpc) is 2.82. The molecular formula is C25H34FN3O5S. The number of methoxy groups -OCH3 is 1. The average molecular weight is 508 g/mol. The number of sulfonamides is 1. The van der Waals surface area contributed by atoms with Crippen molar-refractivity contribution in [3.63, 3.8) is 0 Å². The highest BCUT2D eigenvalue weighted by Crippen LogP contribution is 2.21. The lowest BCUT2D eigenvalue weighted by molar-refractivity contribution is -0.140. The number of amides is 2. The number of carbonyl (C=O) groups excluding carboxylic acids is 2. The normalized spacial score (nSPS) is 12.0. The summed E-state index contributed by atoms with van der Waals surface area (Å²) in [6.45, 7) is 3.84. The van der Waals surface area contributed by atoms with Crippen molar-refractivity contribution in [3.8, 4) is 5.75 Å². The van der Waals surface area contributed by atoms with Crippen LogP contribution in [0, 0.1) is 5.82 Å². The van der Waals surface area contributed by atoms with Gasteiger partial charge in [-0.05, 0) is 54.8 Å². The number of ether oxygens (including phenoxy) is 1. The molecule has 0 bridgehead atoms. The van der Waals surface area contributed by atoms with Gasteiger partial charge in [-0.1, -0.05) is 32.4 Å². The van der Waals surface area contributed by atoms with Crippen LogP contribution >= 0.6 is 0 Å². The summed E-state index contributed by atoms with van der Waals surface area (Å²) in [4.78, 5) is 28.0. The van der Waals surface area contributed by atoms with Crippen molar-refractivity contribution in [2.24, 2.45) is 0 Å². The molecule has 0 aliphatic rings. The molecule has 0 aliphatic carbocycles. The summed E-state index contributed by atoms with van der Waals surface area (Å²) in [5.74, 6) is -0.785. The number of hydrogen-bond acceptors (Lipinski definition) is 5. The van der Waals surface area contributed by atoms with E-state index in [9.17, 15) is 22.4 Å². The van der Waals surface area contributed by atoms with Crippen LogP contribution in [0.25, 0.3) is 0 Å². The number of anilines is 1. The Hall–Kier alpha value is -3.14. The monoisotopic (exact) mass is 507 g/mol. The van der Waals surface area contributed by atoms with Gasteiger partial charge in [-0.2, -0.15) is 0 Å². The van der Waals surface area contributed by atoms with E-state index >= 15 is 0 Å². The van der Waals surface area contributed by atoms with Gasteiger partial charge in [0.1, 0.15) is 24.2 Å². The Morgan fingerprint density at radius 3 is 2.37 bits per heavy atom. The second kappa shape index (κ2) is 13.1. The number of unbranched alkanes of at least 4 members (excludes halogenated alkanes) is 1. The van der Waals surface area contributed by atoms with Gasteiger partial charge in [0.25, 0.3) is 0 Å². The maximum absolute atomic E-state index is 13.6. The van der Waals surface area contributed by atoms with Crippen LogP contribution in [0.2, 0.25) is 0 Å². The fourth-order valence-electron chi connectivity index (χ4n) is 3.61. The predicted octanol–water partition coefficient (Wildman–Crippen LogP) is 3.32. The molecule has 0 aliphatic heterocycles. The third kappa shape index (κ3) is 8.24. The van der Waals surface area contributed by atoms with E-state index in [-0.39, 0.29) is 18.1 Å². The standard InChI is InChI=1S/C25H34FN3O5S/c1-5-7-15-27-25(31)23(6-2)28(17-19-9-8-10-22(16-19)34-3)24(30)18-29(35(4,32)33)21-13-11-20(26)12-14-21/h8-14,16,23H,5-7,15,17-18H2,1-4H3,(H,27,31). The Kier molecular flexibility index (Phi) is 10.5. The van der Waals surface area contributed by atoms with E-state index in [1.54, 1.807) is 31.2 Å². The van der Waals surface area contributed by atoms with Crippen LogP contribution in [0.15, 0.2) is 48.5 Å². The second-order valence-electron chi connectivity index (χ2n) is 8.19. The van der Waals surface area contributed by atoms with Gasteiger partial charge in [0.2, 0.25) is 21.8 Å². The minimum Gasteiger partial charge on any atom is -0.497 e. The van der Waals surface area contributed by atoms with E-state index in [0.29, 0.717) is 18.7 Å². The van der Waals surface area contributed by atoms with Crippen molar-refractivity contribution in [2.45, 2.75) is 45.7 Å². The maximum Gasteiger partial charge on any atom is 0.244 e. The number of benzene rings is 2. The Morgan fingerprint density at radius 1 is 1.11 bits per heavy atom. The van der Waals surface area contributed by atoms with Gasteiger partial charge in [-0.25, -0.2) is 12.8 Å². The lowest BCUT2D eigenvalue weighted by atomic mass is 10.1. The van der Waals surface area contributed by atoms with Crippen molar-refractivity contribution in [2.75, 3.05) is 30.8 Å². The van der Waals surface area contributed by atoms with Gasteiger partial charge >= 0.3 is 0 Å². The van der Waals surface area contributed by atoms with Crippen LogP contribution in [0.4, 0.5) is 10.1 Å². The molecule has 2 amide bonds. The largest absolute Gasteiger partial charge is 0.497 e. The minimum atomic E-state index is -3.87. The molecule has 2 aromatic rings. The van der Waals surface area contributed by atoms with Crippen LogP contribution in [0.1, 0.15) is 38.7 Å². The van der Waals surface area contributed by atoms with Crippen molar-refractivity contribution in [1.82, 2.24) is 10.2 Å². The minimum absolute atomic E-state index is 0.0801. The molecule has 2 rings (SSSR count). The maximum atomic E-state index is 13.6. The smallest absolute Gasteiger partial charge is 0.244 e. The quantitative estimate of drug-likeness (QED) is 0.420. The first-order valence-corrected chi connectivity index (χ1v) is 13.4. The Morgan fingerprint density at radius 2 is 1.80 bits per heavy atom. The molecule has 1 N–H and O–H groups in total. The van der Waals surface area contributed by atoms with Crippen molar-refractivity contribution in [1.29, 1.82) is 0 Å². The fraction of sp³-hybridized carbons (Fsp3) is 0.440. The SMILES string of the molecule is CCCCNC(=O)C(CC)N(Cc1cccc(OC)c1)C(=O)CN(c1ccc(F)cc1)S(C)(=O)=O. The van der Waals surface area contributed by atoms with Crippen molar-refractivity contribution >= 4 is 27.5 Å². The molecule has 0 fully saturated rings. The number of nitrogens with zero attached hydrogens (tertiary/aromatic N) is 2. The summed E-state index contributed by atoms with van der Waals surface area (Å²) in [7, 11) is -2.34. The Bertz CT molecular complexity index is 1090. The number of carbonyl (C=O) groups is 2. The van der Waals surface area contributed by atoms with Crippen LogP contribution in [0.3, 0.4) is 0 Å². The highest BCUT2D eigenvalue weighted by molar-refractivity contribution is 7.92. The molecule has 0 saturated heterocycles. The summed E-state index contributed by atoms with van der Waals surface area (Å²) in [6.07, 6.45) is 3.02. The van der Waals surface area contributed by atoms with Gasteiger partial charge in [0.15, 0.2) is 0 Å². The first kappa shape index (κ1) is 28.1. The summed E-state index contributed by atoms with van der Waals surface area (Å²) in [5.41, 5.74) is 0.884. The predicted molar refractivity (Wildman–Crippen MR) is 134 cm³/mol. The van der Waals surface area contributed by atoms with Crippen LogP contribution in [-0.4, -0.2) is 57.6 Å². The third-order valence-electron chi connectivity index (χ3n) is 5.50. The summed E-state index contributed by atoms with van der Waals surface area (Å²) in [6, 6.07) is 11.2.